The first-order chi connectivity index (χ1) is 10.9. The van der Waals surface area contributed by atoms with Crippen molar-refractivity contribution < 1.29 is 4.79 Å². The molecule has 0 bridgehead atoms. The lowest BCUT2D eigenvalue weighted by Gasteiger charge is -2.11. The number of anilines is 2. The number of rotatable bonds is 6. The molecule has 6 heteroatoms. The van der Waals surface area contributed by atoms with Gasteiger partial charge >= 0.3 is 0 Å². The number of carbonyl (C=O) groups excluding carboxylic acids is 1. The molecule has 1 amide bonds. The molecule has 2 N–H and O–H groups in total. The smallest absolute Gasteiger partial charge is 0.274 e. The summed E-state index contributed by atoms with van der Waals surface area (Å²) in [6.45, 7) is 5.41. The SMILES string of the molecule is Cc1cccc(NC(=O)c2cc(C)nc(NCCN(C)C)n2)c1. The summed E-state index contributed by atoms with van der Waals surface area (Å²) < 4.78 is 0. The second-order valence-corrected chi connectivity index (χ2v) is 5.77. The fourth-order valence-corrected chi connectivity index (χ4v) is 2.07. The van der Waals surface area contributed by atoms with Gasteiger partial charge in [-0.2, -0.15) is 0 Å². The fraction of sp³-hybridized carbons (Fsp3) is 0.353. The van der Waals surface area contributed by atoms with E-state index < -0.39 is 0 Å². The van der Waals surface area contributed by atoms with Crippen LogP contribution in [0.2, 0.25) is 0 Å². The molecule has 2 aromatic rings. The number of aryl methyl sites for hydroxylation is 2. The number of hydrogen-bond donors (Lipinski definition) is 2. The third-order valence-corrected chi connectivity index (χ3v) is 3.20. The highest BCUT2D eigenvalue weighted by atomic mass is 16.1. The van der Waals surface area contributed by atoms with Gasteiger partial charge in [-0.05, 0) is 51.7 Å². The average Bonchev–Trinajstić information content (AvgIpc) is 2.46. The van der Waals surface area contributed by atoms with Gasteiger partial charge in [-0.15, -0.1) is 0 Å². The summed E-state index contributed by atoms with van der Waals surface area (Å²) in [6.07, 6.45) is 0. The molecule has 0 saturated carbocycles. The molecule has 0 radical (unpaired) electrons. The summed E-state index contributed by atoms with van der Waals surface area (Å²) in [5.74, 6) is 0.234. The number of carbonyl (C=O) groups is 1. The largest absolute Gasteiger partial charge is 0.353 e. The van der Waals surface area contributed by atoms with Gasteiger partial charge < -0.3 is 15.5 Å². The Bertz CT molecular complexity index is 684. The van der Waals surface area contributed by atoms with Gasteiger partial charge in [0.15, 0.2) is 0 Å². The van der Waals surface area contributed by atoms with Gasteiger partial charge in [0.1, 0.15) is 5.69 Å². The zero-order valence-electron chi connectivity index (χ0n) is 14.1. The van der Waals surface area contributed by atoms with Crippen molar-refractivity contribution >= 4 is 17.5 Å². The van der Waals surface area contributed by atoms with E-state index in [1.165, 1.54) is 0 Å². The Morgan fingerprint density at radius 1 is 1.17 bits per heavy atom. The first-order valence-electron chi connectivity index (χ1n) is 7.56. The van der Waals surface area contributed by atoms with Crippen molar-refractivity contribution in [3.8, 4) is 0 Å². The van der Waals surface area contributed by atoms with Crippen LogP contribution in [-0.2, 0) is 0 Å². The number of hydrogen-bond acceptors (Lipinski definition) is 5. The van der Waals surface area contributed by atoms with E-state index in [-0.39, 0.29) is 5.91 Å². The van der Waals surface area contributed by atoms with Crippen LogP contribution in [0, 0.1) is 13.8 Å². The van der Waals surface area contributed by atoms with Gasteiger partial charge in [-0.1, -0.05) is 12.1 Å². The summed E-state index contributed by atoms with van der Waals surface area (Å²) in [5, 5.41) is 6.00. The minimum atomic E-state index is -0.239. The Hall–Kier alpha value is -2.47. The first kappa shape index (κ1) is 16.9. The molecule has 0 aliphatic rings. The van der Waals surface area contributed by atoms with E-state index in [1.54, 1.807) is 6.07 Å². The molecule has 0 fully saturated rings. The van der Waals surface area contributed by atoms with Gasteiger partial charge in [-0.3, -0.25) is 4.79 Å². The van der Waals surface area contributed by atoms with E-state index >= 15 is 0 Å². The van der Waals surface area contributed by atoms with Gasteiger partial charge in [0, 0.05) is 24.5 Å². The average molecular weight is 313 g/mol. The molecule has 0 aliphatic heterocycles. The zero-order valence-corrected chi connectivity index (χ0v) is 14.1. The number of benzene rings is 1. The van der Waals surface area contributed by atoms with Gasteiger partial charge in [-0.25, -0.2) is 9.97 Å². The standard InChI is InChI=1S/C17H23N5O/c1-12-6-5-7-14(10-12)20-16(23)15-11-13(2)19-17(21-15)18-8-9-22(3)4/h5-7,10-11H,8-9H2,1-4H3,(H,20,23)(H,18,19,21). The summed E-state index contributed by atoms with van der Waals surface area (Å²) in [4.78, 5) is 23.0. The maximum atomic E-state index is 12.4. The van der Waals surface area contributed by atoms with Crippen LogP contribution in [0.3, 0.4) is 0 Å². The second kappa shape index (κ2) is 7.69. The van der Waals surface area contributed by atoms with Crippen LogP contribution < -0.4 is 10.6 Å². The minimum Gasteiger partial charge on any atom is -0.353 e. The molecule has 1 heterocycles. The summed E-state index contributed by atoms with van der Waals surface area (Å²) in [5.41, 5.74) is 2.95. The molecule has 0 saturated heterocycles. The van der Waals surface area contributed by atoms with Crippen molar-refractivity contribution in [3.05, 3.63) is 47.3 Å². The maximum Gasteiger partial charge on any atom is 0.274 e. The summed E-state index contributed by atoms with van der Waals surface area (Å²) in [7, 11) is 4.00. The normalized spacial score (nSPS) is 10.7. The molecule has 2 rings (SSSR count). The van der Waals surface area contributed by atoms with Crippen LogP contribution in [0.15, 0.2) is 30.3 Å². The van der Waals surface area contributed by atoms with Gasteiger partial charge in [0.25, 0.3) is 5.91 Å². The fourth-order valence-electron chi connectivity index (χ4n) is 2.07. The third-order valence-electron chi connectivity index (χ3n) is 3.20. The van der Waals surface area contributed by atoms with E-state index in [9.17, 15) is 4.79 Å². The zero-order chi connectivity index (χ0) is 16.8. The summed E-state index contributed by atoms with van der Waals surface area (Å²) >= 11 is 0. The van der Waals surface area contributed by atoms with Gasteiger partial charge in [0.05, 0.1) is 0 Å². The number of aromatic nitrogens is 2. The molecule has 122 valence electrons. The topological polar surface area (TPSA) is 70.2 Å². The molecule has 6 nitrogen and oxygen atoms in total. The van der Waals surface area contributed by atoms with Crippen LogP contribution in [0.1, 0.15) is 21.7 Å². The number of nitrogens with one attached hydrogen (secondary N) is 2. The van der Waals surface area contributed by atoms with Crippen LogP contribution in [0.4, 0.5) is 11.6 Å². The predicted molar refractivity (Wildman–Crippen MR) is 92.9 cm³/mol. The Balaban J connectivity index is 2.09. The highest BCUT2D eigenvalue weighted by molar-refractivity contribution is 6.03. The van der Waals surface area contributed by atoms with E-state index in [2.05, 4.69) is 25.5 Å². The van der Waals surface area contributed by atoms with Crippen molar-refractivity contribution in [2.45, 2.75) is 13.8 Å². The molecule has 0 spiro atoms. The number of nitrogens with zero attached hydrogens (tertiary/aromatic N) is 3. The number of amides is 1. The highest BCUT2D eigenvalue weighted by Gasteiger charge is 2.11. The van der Waals surface area contributed by atoms with Crippen LogP contribution in [0.25, 0.3) is 0 Å². The lowest BCUT2D eigenvalue weighted by molar-refractivity contribution is 0.102. The third kappa shape index (κ3) is 5.34. The molecular weight excluding hydrogens is 290 g/mol. The molecule has 0 atom stereocenters. The van der Waals surface area contributed by atoms with Crippen molar-refractivity contribution in [2.75, 3.05) is 37.8 Å². The molecule has 0 unspecified atom stereocenters. The second-order valence-electron chi connectivity index (χ2n) is 5.77. The lowest BCUT2D eigenvalue weighted by Crippen LogP contribution is -2.22. The van der Waals surface area contributed by atoms with Gasteiger partial charge in [0.2, 0.25) is 5.95 Å². The van der Waals surface area contributed by atoms with E-state index in [0.717, 1.165) is 30.0 Å². The Morgan fingerprint density at radius 3 is 2.65 bits per heavy atom. The van der Waals surface area contributed by atoms with Crippen molar-refractivity contribution in [1.29, 1.82) is 0 Å². The minimum absolute atomic E-state index is 0.239. The van der Waals surface area contributed by atoms with E-state index in [4.69, 9.17) is 0 Å². The Labute approximate surface area is 137 Å². The van der Waals surface area contributed by atoms with Crippen molar-refractivity contribution in [1.82, 2.24) is 14.9 Å². The Morgan fingerprint density at radius 2 is 1.96 bits per heavy atom. The van der Waals surface area contributed by atoms with Crippen molar-refractivity contribution in [2.24, 2.45) is 0 Å². The van der Waals surface area contributed by atoms with Crippen molar-refractivity contribution in [3.63, 3.8) is 0 Å². The summed E-state index contributed by atoms with van der Waals surface area (Å²) in [6, 6.07) is 9.35. The van der Waals surface area contributed by atoms with E-state index in [0.29, 0.717) is 11.6 Å². The maximum absolute atomic E-state index is 12.4. The van der Waals surface area contributed by atoms with Crippen LogP contribution in [0.5, 0.6) is 0 Å². The lowest BCUT2D eigenvalue weighted by atomic mass is 10.2. The molecule has 1 aromatic carbocycles. The highest BCUT2D eigenvalue weighted by Crippen LogP contribution is 2.12. The number of likely N-dealkylation sites (N-methyl/N-ethyl adjacent to an activating group) is 1. The molecule has 23 heavy (non-hydrogen) atoms. The molecule has 0 aliphatic carbocycles. The monoisotopic (exact) mass is 313 g/mol. The quantitative estimate of drug-likeness (QED) is 0.856. The molecular formula is C17H23N5O. The van der Waals surface area contributed by atoms with E-state index in [1.807, 2.05) is 52.2 Å². The molecule has 1 aromatic heterocycles. The van der Waals surface area contributed by atoms with Crippen LogP contribution in [-0.4, -0.2) is 48.0 Å². The van der Waals surface area contributed by atoms with Crippen LogP contribution >= 0.6 is 0 Å². The predicted octanol–water partition coefficient (Wildman–Crippen LogP) is 2.32. The first-order valence-corrected chi connectivity index (χ1v) is 7.56. The Kier molecular flexibility index (Phi) is 5.65.